The molecular formula is C10H18ClNO2. The number of carbonyl (C=O) groups excluding carboxylic acids is 1. The lowest BCUT2D eigenvalue weighted by Gasteiger charge is -2.24. The van der Waals surface area contributed by atoms with Gasteiger partial charge in [-0.15, -0.1) is 11.6 Å². The van der Waals surface area contributed by atoms with Gasteiger partial charge in [-0.25, -0.2) is 0 Å². The van der Waals surface area contributed by atoms with E-state index in [2.05, 4.69) is 5.32 Å². The van der Waals surface area contributed by atoms with Gasteiger partial charge in [0.05, 0.1) is 12.0 Å². The van der Waals surface area contributed by atoms with E-state index in [9.17, 15) is 4.79 Å². The van der Waals surface area contributed by atoms with Crippen molar-refractivity contribution in [3.8, 4) is 0 Å². The van der Waals surface area contributed by atoms with Crippen molar-refractivity contribution in [3.05, 3.63) is 0 Å². The number of carbonyl (C=O) groups is 1. The molecule has 4 heteroatoms. The quantitative estimate of drug-likeness (QED) is 0.689. The fourth-order valence-corrected chi connectivity index (χ4v) is 1.70. The Bertz CT molecular complexity index is 183. The maximum atomic E-state index is 11.3. The Morgan fingerprint density at radius 3 is 2.86 bits per heavy atom. The van der Waals surface area contributed by atoms with E-state index >= 15 is 0 Å². The van der Waals surface area contributed by atoms with E-state index in [0.717, 1.165) is 0 Å². The molecule has 3 nitrogen and oxygen atoms in total. The summed E-state index contributed by atoms with van der Waals surface area (Å²) in [5, 5.41) is 2.70. The maximum Gasteiger partial charge on any atom is 0.220 e. The average molecular weight is 220 g/mol. The molecule has 0 aliphatic heterocycles. The third kappa shape index (κ3) is 4.29. The summed E-state index contributed by atoms with van der Waals surface area (Å²) in [6.45, 7) is 0.978. The molecule has 1 aliphatic carbocycles. The van der Waals surface area contributed by atoms with Crippen molar-refractivity contribution in [3.63, 3.8) is 0 Å². The molecule has 0 bridgehead atoms. The highest BCUT2D eigenvalue weighted by molar-refractivity contribution is 6.21. The number of nitrogens with one attached hydrogen (secondary N) is 1. The molecule has 1 rings (SSSR count). The van der Waals surface area contributed by atoms with Crippen molar-refractivity contribution in [1.82, 2.24) is 5.32 Å². The van der Waals surface area contributed by atoms with Gasteiger partial charge in [-0.3, -0.25) is 4.79 Å². The Kier molecular flexibility index (Phi) is 5.26. The Balaban J connectivity index is 2.01. The van der Waals surface area contributed by atoms with Crippen LogP contribution in [0, 0.1) is 5.92 Å². The summed E-state index contributed by atoms with van der Waals surface area (Å²) in [7, 11) is 1.60. The van der Waals surface area contributed by atoms with Gasteiger partial charge in [-0.1, -0.05) is 6.42 Å². The van der Waals surface area contributed by atoms with Crippen LogP contribution in [0.5, 0.6) is 0 Å². The van der Waals surface area contributed by atoms with Crippen LogP contribution in [0.15, 0.2) is 0 Å². The molecule has 1 unspecified atom stereocenters. The molecule has 0 radical (unpaired) electrons. The second-order valence-electron chi connectivity index (χ2n) is 3.86. The highest BCUT2D eigenvalue weighted by atomic mass is 35.5. The number of ether oxygens (including phenoxy) is 1. The largest absolute Gasteiger partial charge is 0.383 e. The fourth-order valence-electron chi connectivity index (χ4n) is 1.50. The first-order chi connectivity index (χ1) is 6.72. The van der Waals surface area contributed by atoms with Gasteiger partial charge in [-0.05, 0) is 18.8 Å². The molecule has 82 valence electrons. The lowest BCUT2D eigenvalue weighted by Crippen LogP contribution is -2.33. The predicted octanol–water partition coefficient (Wildman–Crippen LogP) is 1.55. The molecule has 1 N–H and O–H groups in total. The predicted molar refractivity (Wildman–Crippen MR) is 56.5 cm³/mol. The fraction of sp³-hybridized carbons (Fsp3) is 0.900. The number of halogens is 1. The molecule has 0 aromatic carbocycles. The van der Waals surface area contributed by atoms with Crippen molar-refractivity contribution < 1.29 is 9.53 Å². The molecule has 1 fully saturated rings. The van der Waals surface area contributed by atoms with Crippen molar-refractivity contribution in [2.45, 2.75) is 31.1 Å². The van der Waals surface area contributed by atoms with Crippen molar-refractivity contribution in [2.75, 3.05) is 20.3 Å². The first-order valence-electron chi connectivity index (χ1n) is 5.12. The van der Waals surface area contributed by atoms with E-state index in [1.54, 1.807) is 7.11 Å². The standard InChI is InChI=1S/C10H18ClNO2/c1-14-7-9(11)6-12-10(13)5-8-3-2-4-8/h8-9H,2-7H2,1H3,(H,12,13). The third-order valence-electron chi connectivity index (χ3n) is 2.57. The Morgan fingerprint density at radius 1 is 1.64 bits per heavy atom. The third-order valence-corrected chi connectivity index (χ3v) is 2.85. The van der Waals surface area contributed by atoms with E-state index in [1.165, 1.54) is 19.3 Å². The zero-order chi connectivity index (χ0) is 10.4. The first-order valence-corrected chi connectivity index (χ1v) is 5.55. The van der Waals surface area contributed by atoms with Gasteiger partial charge in [-0.2, -0.15) is 0 Å². The zero-order valence-electron chi connectivity index (χ0n) is 8.59. The maximum absolute atomic E-state index is 11.3. The minimum Gasteiger partial charge on any atom is -0.383 e. The summed E-state index contributed by atoms with van der Waals surface area (Å²) < 4.78 is 4.87. The van der Waals surface area contributed by atoms with Gasteiger partial charge in [0.15, 0.2) is 0 Å². The molecule has 14 heavy (non-hydrogen) atoms. The van der Waals surface area contributed by atoms with E-state index in [4.69, 9.17) is 16.3 Å². The highest BCUT2D eigenvalue weighted by Gasteiger charge is 2.20. The van der Waals surface area contributed by atoms with Gasteiger partial charge < -0.3 is 10.1 Å². The minimum atomic E-state index is -0.120. The van der Waals surface area contributed by atoms with Gasteiger partial charge >= 0.3 is 0 Å². The zero-order valence-corrected chi connectivity index (χ0v) is 9.35. The highest BCUT2D eigenvalue weighted by Crippen LogP contribution is 2.28. The molecule has 1 amide bonds. The summed E-state index contributed by atoms with van der Waals surface area (Å²) in [5.74, 6) is 0.739. The van der Waals surface area contributed by atoms with E-state index in [0.29, 0.717) is 25.5 Å². The first kappa shape index (κ1) is 11.8. The summed E-state index contributed by atoms with van der Waals surface area (Å²) in [6.07, 6.45) is 4.35. The second-order valence-corrected chi connectivity index (χ2v) is 4.47. The van der Waals surface area contributed by atoms with Crippen LogP contribution >= 0.6 is 11.6 Å². The van der Waals surface area contributed by atoms with Crippen LogP contribution in [0.1, 0.15) is 25.7 Å². The number of rotatable bonds is 6. The van der Waals surface area contributed by atoms with Crippen LogP contribution in [0.25, 0.3) is 0 Å². The molecule has 0 spiro atoms. The summed E-state index contributed by atoms with van der Waals surface area (Å²) in [4.78, 5) is 11.3. The molecule has 1 aliphatic rings. The van der Waals surface area contributed by atoms with Crippen molar-refractivity contribution in [2.24, 2.45) is 5.92 Å². The summed E-state index contributed by atoms with van der Waals surface area (Å²) >= 11 is 5.87. The van der Waals surface area contributed by atoms with Crippen LogP contribution in [-0.4, -0.2) is 31.5 Å². The van der Waals surface area contributed by atoms with Crippen molar-refractivity contribution >= 4 is 17.5 Å². The van der Waals surface area contributed by atoms with Crippen LogP contribution in [0.2, 0.25) is 0 Å². The Morgan fingerprint density at radius 2 is 2.36 bits per heavy atom. The van der Waals surface area contributed by atoms with Crippen LogP contribution in [0.3, 0.4) is 0 Å². The molecule has 1 saturated carbocycles. The molecule has 1 atom stereocenters. The summed E-state index contributed by atoms with van der Waals surface area (Å²) in [5.41, 5.74) is 0. The second kappa shape index (κ2) is 6.25. The number of amides is 1. The lowest BCUT2D eigenvalue weighted by molar-refractivity contribution is -0.122. The number of alkyl halides is 1. The van der Waals surface area contributed by atoms with Gasteiger partial charge in [0.25, 0.3) is 0 Å². The molecule has 0 aromatic rings. The normalized spacial score (nSPS) is 18.7. The van der Waals surface area contributed by atoms with Crippen LogP contribution in [-0.2, 0) is 9.53 Å². The van der Waals surface area contributed by atoms with E-state index in [-0.39, 0.29) is 11.3 Å². The Hall–Kier alpha value is -0.280. The number of methoxy groups -OCH3 is 1. The lowest BCUT2D eigenvalue weighted by atomic mass is 9.83. The Labute approximate surface area is 90.1 Å². The SMILES string of the molecule is COCC(Cl)CNC(=O)CC1CCC1. The molecule has 0 heterocycles. The van der Waals surface area contributed by atoms with Crippen molar-refractivity contribution in [1.29, 1.82) is 0 Å². The van der Waals surface area contributed by atoms with Gasteiger partial charge in [0.2, 0.25) is 5.91 Å². The molecule has 0 saturated heterocycles. The molecular weight excluding hydrogens is 202 g/mol. The van der Waals surface area contributed by atoms with E-state index < -0.39 is 0 Å². The molecule has 0 aromatic heterocycles. The van der Waals surface area contributed by atoms with Crippen LogP contribution < -0.4 is 5.32 Å². The minimum absolute atomic E-state index is 0.120. The number of hydrogen-bond donors (Lipinski definition) is 1. The van der Waals surface area contributed by atoms with Gasteiger partial charge in [0, 0.05) is 20.1 Å². The topological polar surface area (TPSA) is 38.3 Å². The smallest absolute Gasteiger partial charge is 0.220 e. The van der Waals surface area contributed by atoms with Crippen LogP contribution in [0.4, 0.5) is 0 Å². The average Bonchev–Trinajstić information content (AvgIpc) is 2.09. The monoisotopic (exact) mass is 219 g/mol. The summed E-state index contributed by atoms with van der Waals surface area (Å²) in [6, 6.07) is 0. The van der Waals surface area contributed by atoms with Gasteiger partial charge in [0.1, 0.15) is 0 Å². The number of hydrogen-bond acceptors (Lipinski definition) is 2. The van der Waals surface area contributed by atoms with E-state index in [1.807, 2.05) is 0 Å².